The number of alkyl carbamates (subject to hydrolysis) is 1. The van der Waals surface area contributed by atoms with Crippen molar-refractivity contribution in [3.05, 3.63) is 16.1 Å². The maximum atomic E-state index is 13.0. The maximum absolute atomic E-state index is 13.0. The molecule has 1 aromatic heterocycles. The van der Waals surface area contributed by atoms with E-state index in [1.807, 2.05) is 0 Å². The number of ether oxygens (including phenoxy) is 3. The highest BCUT2D eigenvalue weighted by molar-refractivity contribution is 7.09. The van der Waals surface area contributed by atoms with Gasteiger partial charge in [-0.15, -0.1) is 11.3 Å². The molecule has 2 heterocycles. The van der Waals surface area contributed by atoms with Crippen LogP contribution in [0.1, 0.15) is 37.3 Å². The van der Waals surface area contributed by atoms with Crippen molar-refractivity contribution in [3.8, 4) is 0 Å². The molecule has 1 aliphatic rings. The standard InChI is InChI=1S/C21H31N3O7S/c1-13(2)18(24-21(28)31-9-8-30-7-6-29-3)16(25)10-14-4-5-17-15(23-12-32-17)11-22-20(27)19(14)26/h12-14,18H,4-11H2,1-3H3,(H,22,27)(H,24,28). The van der Waals surface area contributed by atoms with Gasteiger partial charge in [0.15, 0.2) is 5.78 Å². The number of carbonyl (C=O) groups is 4. The van der Waals surface area contributed by atoms with Gasteiger partial charge in [0.25, 0.3) is 5.91 Å². The number of rotatable bonds is 11. The molecule has 10 nitrogen and oxygen atoms in total. The first kappa shape index (κ1) is 25.9. The number of carbonyl (C=O) groups excluding carboxylic acids is 4. The Balaban J connectivity index is 1.93. The van der Waals surface area contributed by atoms with Crippen LogP contribution in [0.3, 0.4) is 0 Å². The lowest BCUT2D eigenvalue weighted by Gasteiger charge is -2.23. The average molecular weight is 470 g/mol. The number of Topliss-reactive ketones (excluding diaryl/α,β-unsaturated/α-hetero) is 2. The summed E-state index contributed by atoms with van der Waals surface area (Å²) >= 11 is 1.46. The third-order valence-corrected chi connectivity index (χ3v) is 6.02. The molecule has 0 saturated heterocycles. The molecule has 0 saturated carbocycles. The lowest BCUT2D eigenvalue weighted by molar-refractivity contribution is -0.141. The second-order valence-corrected chi connectivity index (χ2v) is 8.72. The van der Waals surface area contributed by atoms with Gasteiger partial charge >= 0.3 is 6.09 Å². The number of nitrogens with one attached hydrogen (secondary N) is 2. The first-order chi connectivity index (χ1) is 15.3. The maximum Gasteiger partial charge on any atom is 0.407 e. The lowest BCUT2D eigenvalue weighted by Crippen LogP contribution is -2.46. The van der Waals surface area contributed by atoms with E-state index in [0.29, 0.717) is 26.1 Å². The predicted octanol–water partition coefficient (Wildman–Crippen LogP) is 1.26. The lowest BCUT2D eigenvalue weighted by atomic mass is 9.87. The fraction of sp³-hybridized carbons (Fsp3) is 0.667. The number of methoxy groups -OCH3 is 1. The summed E-state index contributed by atoms with van der Waals surface area (Å²) in [4.78, 5) is 55.1. The molecular weight excluding hydrogens is 438 g/mol. The zero-order chi connectivity index (χ0) is 23.5. The van der Waals surface area contributed by atoms with Crippen LogP contribution in [0.25, 0.3) is 0 Å². The Morgan fingerprint density at radius 2 is 2.00 bits per heavy atom. The predicted molar refractivity (Wildman–Crippen MR) is 116 cm³/mol. The third-order valence-electron chi connectivity index (χ3n) is 5.08. The Morgan fingerprint density at radius 3 is 2.72 bits per heavy atom. The summed E-state index contributed by atoms with van der Waals surface area (Å²) in [5.41, 5.74) is 2.45. The molecule has 2 N–H and O–H groups in total. The minimum Gasteiger partial charge on any atom is -0.447 e. The number of thiazole rings is 1. The highest BCUT2D eigenvalue weighted by atomic mass is 32.1. The molecule has 0 aromatic carbocycles. The van der Waals surface area contributed by atoms with Crippen LogP contribution in [0.4, 0.5) is 4.79 Å². The van der Waals surface area contributed by atoms with Gasteiger partial charge in [-0.25, -0.2) is 9.78 Å². The first-order valence-corrected chi connectivity index (χ1v) is 11.5. The SMILES string of the molecule is COCCOCCOC(=O)NC(C(=O)CC1CCc2scnc2CNC(=O)C1=O)C(C)C. The second-order valence-electron chi connectivity index (χ2n) is 7.78. The molecule has 2 atom stereocenters. The van der Waals surface area contributed by atoms with Crippen molar-refractivity contribution in [1.82, 2.24) is 15.6 Å². The van der Waals surface area contributed by atoms with E-state index >= 15 is 0 Å². The van der Waals surface area contributed by atoms with Crippen molar-refractivity contribution in [3.63, 3.8) is 0 Å². The zero-order valence-electron chi connectivity index (χ0n) is 18.7. The molecule has 11 heteroatoms. The molecule has 1 aromatic rings. The number of fused-ring (bicyclic) bond motifs is 1. The van der Waals surface area contributed by atoms with Crippen molar-refractivity contribution in [2.75, 3.05) is 33.5 Å². The highest BCUT2D eigenvalue weighted by Gasteiger charge is 2.33. The molecule has 0 bridgehead atoms. The largest absolute Gasteiger partial charge is 0.447 e. The van der Waals surface area contributed by atoms with E-state index in [1.165, 1.54) is 11.3 Å². The summed E-state index contributed by atoms with van der Waals surface area (Å²) in [6.07, 6.45) is 0.0503. The molecule has 0 fully saturated rings. The van der Waals surface area contributed by atoms with Gasteiger partial charge in [0.2, 0.25) is 5.78 Å². The van der Waals surface area contributed by atoms with Gasteiger partial charge in [-0.3, -0.25) is 14.4 Å². The van der Waals surface area contributed by atoms with E-state index in [2.05, 4.69) is 15.6 Å². The van der Waals surface area contributed by atoms with Gasteiger partial charge < -0.3 is 24.8 Å². The molecule has 0 aliphatic carbocycles. The number of aryl methyl sites for hydroxylation is 1. The number of nitrogens with zero attached hydrogens (tertiary/aromatic N) is 1. The van der Waals surface area contributed by atoms with Crippen molar-refractivity contribution < 1.29 is 33.4 Å². The summed E-state index contributed by atoms with van der Waals surface area (Å²) in [6, 6.07) is -0.834. The molecule has 2 amide bonds. The van der Waals surface area contributed by atoms with E-state index in [4.69, 9.17) is 14.2 Å². The molecule has 2 unspecified atom stereocenters. The molecule has 2 rings (SSSR count). The molecular formula is C21H31N3O7S. The summed E-state index contributed by atoms with van der Waals surface area (Å²) in [6.45, 7) is 4.85. The zero-order valence-corrected chi connectivity index (χ0v) is 19.5. The van der Waals surface area contributed by atoms with Crippen molar-refractivity contribution >= 4 is 34.9 Å². The summed E-state index contributed by atoms with van der Waals surface area (Å²) in [7, 11) is 1.56. The van der Waals surface area contributed by atoms with Crippen LogP contribution < -0.4 is 10.6 Å². The van der Waals surface area contributed by atoms with E-state index in [9.17, 15) is 19.2 Å². The number of hydrogen-bond acceptors (Lipinski definition) is 9. The van der Waals surface area contributed by atoms with Crippen molar-refractivity contribution in [2.24, 2.45) is 11.8 Å². The minimum atomic E-state index is -0.834. The van der Waals surface area contributed by atoms with E-state index in [1.54, 1.807) is 26.5 Å². The van der Waals surface area contributed by atoms with Crippen LogP contribution in [0.15, 0.2) is 5.51 Å². The molecule has 1 aliphatic heterocycles. The Kier molecular flexibility index (Phi) is 10.7. The van der Waals surface area contributed by atoms with Crippen LogP contribution in [0.2, 0.25) is 0 Å². The third kappa shape index (κ3) is 7.95. The van der Waals surface area contributed by atoms with Gasteiger partial charge in [0.05, 0.1) is 43.6 Å². The van der Waals surface area contributed by atoms with Crippen LogP contribution in [0.5, 0.6) is 0 Å². The Bertz CT molecular complexity index is 796. The monoisotopic (exact) mass is 469 g/mol. The van der Waals surface area contributed by atoms with Crippen LogP contribution in [-0.4, -0.2) is 68.1 Å². The average Bonchev–Trinajstić information content (AvgIpc) is 3.22. The fourth-order valence-electron chi connectivity index (χ4n) is 3.30. The number of amides is 2. The summed E-state index contributed by atoms with van der Waals surface area (Å²) in [5, 5.41) is 5.16. The second kappa shape index (κ2) is 13.2. The smallest absolute Gasteiger partial charge is 0.407 e. The fourth-order valence-corrected chi connectivity index (χ4v) is 4.11. The number of ketones is 2. The van der Waals surface area contributed by atoms with E-state index in [-0.39, 0.29) is 37.9 Å². The Morgan fingerprint density at radius 1 is 1.25 bits per heavy atom. The summed E-state index contributed by atoms with van der Waals surface area (Å²) in [5.74, 6) is -2.63. The number of hydrogen-bond donors (Lipinski definition) is 2. The minimum absolute atomic E-state index is 0.0347. The van der Waals surface area contributed by atoms with Crippen LogP contribution in [0, 0.1) is 11.8 Å². The van der Waals surface area contributed by atoms with E-state index in [0.717, 1.165) is 10.6 Å². The molecule has 178 valence electrons. The Hall–Kier alpha value is -2.37. The van der Waals surface area contributed by atoms with Crippen LogP contribution >= 0.6 is 11.3 Å². The normalized spacial score (nSPS) is 17.6. The van der Waals surface area contributed by atoms with Gasteiger partial charge in [0.1, 0.15) is 6.61 Å². The van der Waals surface area contributed by atoms with Gasteiger partial charge in [-0.1, -0.05) is 13.8 Å². The molecule has 0 spiro atoms. The number of aromatic nitrogens is 1. The van der Waals surface area contributed by atoms with Crippen molar-refractivity contribution in [1.29, 1.82) is 0 Å². The topological polar surface area (TPSA) is 133 Å². The summed E-state index contributed by atoms with van der Waals surface area (Å²) < 4.78 is 15.1. The quantitative estimate of drug-likeness (QED) is 0.366. The van der Waals surface area contributed by atoms with Gasteiger partial charge in [-0.2, -0.15) is 0 Å². The van der Waals surface area contributed by atoms with Crippen molar-refractivity contribution in [2.45, 2.75) is 45.7 Å². The molecule has 32 heavy (non-hydrogen) atoms. The van der Waals surface area contributed by atoms with E-state index < -0.39 is 29.7 Å². The van der Waals surface area contributed by atoms with Crippen LogP contribution in [-0.2, 0) is 41.6 Å². The van der Waals surface area contributed by atoms with Gasteiger partial charge in [-0.05, 0) is 18.8 Å². The first-order valence-electron chi connectivity index (χ1n) is 10.6. The highest BCUT2D eigenvalue weighted by Crippen LogP contribution is 2.23. The molecule has 0 radical (unpaired) electrons. The van der Waals surface area contributed by atoms with Gasteiger partial charge in [0, 0.05) is 24.3 Å². The Labute approximate surface area is 191 Å².